The lowest BCUT2D eigenvalue weighted by molar-refractivity contribution is 0.454. The highest BCUT2D eigenvalue weighted by Gasteiger charge is 2.36. The summed E-state index contributed by atoms with van der Waals surface area (Å²) in [5, 5.41) is 11.2. The second-order valence-corrected chi connectivity index (χ2v) is 6.94. The highest BCUT2D eigenvalue weighted by atomic mass is 16.5. The van der Waals surface area contributed by atoms with Crippen LogP contribution in [0.1, 0.15) is 25.1 Å². The zero-order valence-corrected chi connectivity index (χ0v) is 14.0. The molecule has 5 rings (SSSR count). The summed E-state index contributed by atoms with van der Waals surface area (Å²) < 4.78 is 7.46. The van der Waals surface area contributed by atoms with Gasteiger partial charge in [-0.25, -0.2) is 0 Å². The van der Waals surface area contributed by atoms with Crippen LogP contribution in [0.15, 0.2) is 54.7 Å². The monoisotopic (exact) mass is 327 g/mol. The topological polar surface area (TPSA) is 47.3 Å². The molecular weight excluding hydrogens is 311 g/mol. The fourth-order valence-corrected chi connectivity index (χ4v) is 4.12. The van der Waals surface area contributed by atoms with Crippen LogP contribution in [0.2, 0.25) is 0 Å². The van der Waals surface area contributed by atoms with Crippen LogP contribution in [0, 0.1) is 0 Å². The molecule has 2 aromatic heterocycles. The normalized spacial score (nSPS) is 14.5. The Hall–Kier alpha value is -2.79. The third kappa shape index (κ3) is 1.79. The van der Waals surface area contributed by atoms with Crippen LogP contribution in [0.5, 0.6) is 5.75 Å². The quantitative estimate of drug-likeness (QED) is 0.571. The Balaban J connectivity index is 2.00. The Morgan fingerprint density at radius 2 is 1.96 bits per heavy atom. The smallest absolute Gasteiger partial charge is 0.537 e. The lowest BCUT2D eigenvalue weighted by atomic mass is 9.77. The van der Waals surface area contributed by atoms with Gasteiger partial charge < -0.3 is 14.2 Å². The van der Waals surface area contributed by atoms with Crippen LogP contribution in [0.25, 0.3) is 27.5 Å². The van der Waals surface area contributed by atoms with Crippen molar-refractivity contribution in [2.75, 3.05) is 0 Å². The molecule has 3 heterocycles. The number of rotatable bonds is 2. The molecule has 0 bridgehead atoms. The highest BCUT2D eigenvalue weighted by Crippen LogP contribution is 2.46. The van der Waals surface area contributed by atoms with E-state index in [0.717, 1.165) is 22.3 Å². The average Bonchev–Trinajstić information content (AvgIpc) is 2.95. The van der Waals surface area contributed by atoms with Crippen molar-refractivity contribution in [3.8, 4) is 11.4 Å². The Kier molecular flexibility index (Phi) is 2.83. The Bertz CT molecular complexity index is 1150. The molecule has 1 aliphatic rings. The minimum absolute atomic E-state index is 0.168. The Morgan fingerprint density at radius 1 is 1.08 bits per heavy atom. The predicted octanol–water partition coefficient (Wildman–Crippen LogP) is 3.72. The number of hydrogen-bond acceptors (Lipinski definition) is 3. The molecule has 0 aliphatic carbocycles. The number of nitrogens with zero attached hydrogens (tertiary/aromatic N) is 2. The van der Waals surface area contributed by atoms with Crippen molar-refractivity contribution in [3.05, 3.63) is 66.0 Å². The molecule has 0 spiro atoms. The number of para-hydroxylation sites is 1. The molecule has 121 valence electrons. The van der Waals surface area contributed by atoms with E-state index >= 15 is 0 Å². The van der Waals surface area contributed by atoms with Crippen LogP contribution in [-0.4, -0.2) is 22.3 Å². The summed E-state index contributed by atoms with van der Waals surface area (Å²) in [6.45, 7) is 4.45. The molecule has 5 heteroatoms. The standard InChI is InChI=1S/C20H16BN2O2/c1-20(2)15-6-3-5-13-14-11-12(25-21-24)8-9-16(14)23(18(13)15)17-7-4-10-22-19(17)20/h3-11,24H,1-2H3. The minimum atomic E-state index is -0.168. The first-order valence-electron chi connectivity index (χ1n) is 8.29. The first kappa shape index (κ1) is 14.5. The van der Waals surface area contributed by atoms with Gasteiger partial charge in [0, 0.05) is 22.4 Å². The van der Waals surface area contributed by atoms with Crippen molar-refractivity contribution in [2.45, 2.75) is 19.3 Å². The summed E-state index contributed by atoms with van der Waals surface area (Å²) in [5.74, 6) is 0.615. The number of fused-ring (bicyclic) bond motifs is 5. The summed E-state index contributed by atoms with van der Waals surface area (Å²) in [4.78, 5) is 4.71. The first-order valence-corrected chi connectivity index (χ1v) is 8.29. The van der Waals surface area contributed by atoms with E-state index in [2.05, 4.69) is 42.7 Å². The van der Waals surface area contributed by atoms with E-state index in [-0.39, 0.29) is 5.41 Å². The van der Waals surface area contributed by atoms with Crippen molar-refractivity contribution in [2.24, 2.45) is 0 Å². The first-order chi connectivity index (χ1) is 12.1. The molecule has 4 aromatic rings. The minimum Gasteiger partial charge on any atom is -0.537 e. The van der Waals surface area contributed by atoms with E-state index in [0.29, 0.717) is 13.4 Å². The van der Waals surface area contributed by atoms with E-state index in [1.807, 2.05) is 30.5 Å². The Labute approximate surface area is 146 Å². The third-order valence-corrected chi connectivity index (χ3v) is 5.24. The van der Waals surface area contributed by atoms with Crippen LogP contribution in [0.4, 0.5) is 0 Å². The summed E-state index contributed by atoms with van der Waals surface area (Å²) >= 11 is 0. The molecule has 1 radical (unpaired) electrons. The fraction of sp³-hybridized carbons (Fsp3) is 0.150. The van der Waals surface area contributed by atoms with Crippen molar-refractivity contribution in [1.82, 2.24) is 9.55 Å². The van der Waals surface area contributed by atoms with Gasteiger partial charge in [-0.05, 0) is 49.7 Å². The van der Waals surface area contributed by atoms with Gasteiger partial charge in [-0.2, -0.15) is 0 Å². The third-order valence-electron chi connectivity index (χ3n) is 5.24. The van der Waals surface area contributed by atoms with Crippen LogP contribution in [-0.2, 0) is 5.41 Å². The van der Waals surface area contributed by atoms with Crippen molar-refractivity contribution < 1.29 is 9.68 Å². The predicted molar refractivity (Wildman–Crippen MR) is 99.3 cm³/mol. The maximum Gasteiger partial charge on any atom is 0.569 e. The fourth-order valence-electron chi connectivity index (χ4n) is 4.12. The molecule has 0 saturated carbocycles. The maximum absolute atomic E-state index is 8.95. The molecule has 1 aliphatic heterocycles. The number of hydrogen-bond donors (Lipinski definition) is 1. The van der Waals surface area contributed by atoms with Crippen molar-refractivity contribution in [3.63, 3.8) is 0 Å². The summed E-state index contributed by atoms with van der Waals surface area (Å²) in [5.41, 5.74) is 5.62. The summed E-state index contributed by atoms with van der Waals surface area (Å²) in [7, 11) is 0.714. The van der Waals surface area contributed by atoms with Gasteiger partial charge in [-0.3, -0.25) is 4.98 Å². The van der Waals surface area contributed by atoms with Crippen molar-refractivity contribution in [1.29, 1.82) is 0 Å². The highest BCUT2D eigenvalue weighted by molar-refractivity contribution is 6.18. The second kappa shape index (κ2) is 4.86. The molecular formula is C20H16BN2O2. The van der Waals surface area contributed by atoms with Crippen LogP contribution < -0.4 is 4.65 Å². The van der Waals surface area contributed by atoms with Crippen molar-refractivity contribution >= 4 is 29.5 Å². The molecule has 0 saturated heterocycles. The summed E-state index contributed by atoms with van der Waals surface area (Å²) in [6, 6.07) is 16.4. The molecule has 0 unspecified atom stereocenters. The SMILES string of the molecule is CC1(C)c2ncccc2-n2c3ccc(O[B]O)cc3c3cccc1c32. The van der Waals surface area contributed by atoms with Gasteiger partial charge in [-0.15, -0.1) is 0 Å². The van der Waals surface area contributed by atoms with Gasteiger partial charge in [0.15, 0.2) is 0 Å². The maximum atomic E-state index is 8.95. The van der Waals surface area contributed by atoms with Gasteiger partial charge in [0.2, 0.25) is 0 Å². The molecule has 0 fully saturated rings. The number of aromatic nitrogens is 2. The van der Waals surface area contributed by atoms with E-state index in [1.54, 1.807) is 0 Å². The number of benzene rings is 2. The molecule has 4 nitrogen and oxygen atoms in total. The van der Waals surface area contributed by atoms with Crippen LogP contribution in [0.3, 0.4) is 0 Å². The molecule has 2 aromatic carbocycles. The zero-order valence-electron chi connectivity index (χ0n) is 14.0. The van der Waals surface area contributed by atoms with Gasteiger partial charge in [0.1, 0.15) is 5.75 Å². The molecule has 25 heavy (non-hydrogen) atoms. The van der Waals surface area contributed by atoms with E-state index in [9.17, 15) is 0 Å². The van der Waals surface area contributed by atoms with Gasteiger partial charge in [-0.1, -0.05) is 18.2 Å². The lowest BCUT2D eigenvalue weighted by Crippen LogP contribution is -2.27. The molecule has 1 N–H and O–H groups in total. The van der Waals surface area contributed by atoms with E-state index < -0.39 is 0 Å². The Morgan fingerprint density at radius 3 is 2.80 bits per heavy atom. The van der Waals surface area contributed by atoms with Gasteiger partial charge in [0.05, 0.1) is 22.4 Å². The van der Waals surface area contributed by atoms with Gasteiger partial charge in [0.25, 0.3) is 0 Å². The van der Waals surface area contributed by atoms with E-state index in [4.69, 9.17) is 14.7 Å². The zero-order chi connectivity index (χ0) is 17.2. The second-order valence-electron chi connectivity index (χ2n) is 6.94. The van der Waals surface area contributed by atoms with Gasteiger partial charge >= 0.3 is 7.69 Å². The average molecular weight is 327 g/mol. The summed E-state index contributed by atoms with van der Waals surface area (Å²) in [6.07, 6.45) is 1.86. The molecule has 0 atom stereocenters. The van der Waals surface area contributed by atoms with E-state index in [1.165, 1.54) is 16.5 Å². The largest absolute Gasteiger partial charge is 0.569 e. The number of pyridine rings is 1. The lowest BCUT2D eigenvalue weighted by Gasteiger charge is -2.33. The molecule has 0 amide bonds. The van der Waals surface area contributed by atoms with Crippen LogP contribution >= 0.6 is 0 Å².